The zero-order chi connectivity index (χ0) is 11.6. The first-order valence-corrected chi connectivity index (χ1v) is 6.59. The molecule has 0 aliphatic carbocycles. The van der Waals surface area contributed by atoms with E-state index in [0.717, 1.165) is 18.2 Å². The van der Waals surface area contributed by atoms with Crippen LogP contribution in [0.25, 0.3) is 0 Å². The highest BCUT2D eigenvalue weighted by atomic mass is 32.3. The Morgan fingerprint density at radius 2 is 2.20 bits per heavy atom. The van der Waals surface area contributed by atoms with Crippen LogP contribution in [0.5, 0.6) is 0 Å². The number of hydrogen-bond donors (Lipinski definition) is 2. The smallest absolute Gasteiger partial charge is 0.330 e. The summed E-state index contributed by atoms with van der Waals surface area (Å²) in [6.45, 7) is 0. The van der Waals surface area contributed by atoms with Crippen LogP contribution in [0, 0.1) is 0 Å². The van der Waals surface area contributed by atoms with Crippen molar-refractivity contribution in [3.05, 3.63) is 10.4 Å². The molecule has 9 heteroatoms. The summed E-state index contributed by atoms with van der Waals surface area (Å²) in [5, 5.41) is 0. The summed E-state index contributed by atoms with van der Waals surface area (Å²) in [5.74, 6) is 0. The fourth-order valence-corrected chi connectivity index (χ4v) is 2.22. The van der Waals surface area contributed by atoms with Crippen molar-refractivity contribution in [3.63, 3.8) is 0 Å². The summed E-state index contributed by atoms with van der Waals surface area (Å²) in [6.07, 6.45) is 2.42. The Labute approximate surface area is 92.5 Å². The van der Waals surface area contributed by atoms with Crippen LogP contribution in [0.3, 0.4) is 0 Å². The van der Waals surface area contributed by atoms with Crippen molar-refractivity contribution >= 4 is 27.8 Å². The Morgan fingerprint density at radius 3 is 2.60 bits per heavy atom. The Kier molecular flexibility index (Phi) is 3.47. The first-order chi connectivity index (χ1) is 6.80. The van der Waals surface area contributed by atoms with Gasteiger partial charge in [-0.1, -0.05) is 4.52 Å². The predicted molar refractivity (Wildman–Crippen MR) is 57.7 cm³/mol. The van der Waals surface area contributed by atoms with Gasteiger partial charge in [0.2, 0.25) is 0 Å². The van der Waals surface area contributed by atoms with Crippen LogP contribution in [-0.4, -0.2) is 44.2 Å². The second kappa shape index (κ2) is 4.29. The Hall–Kier alpha value is -0.930. The minimum absolute atomic E-state index is 0.154. The van der Waals surface area contributed by atoms with Gasteiger partial charge in [-0.2, -0.15) is 0 Å². The van der Waals surface area contributed by atoms with Crippen LogP contribution in [0.1, 0.15) is 0 Å². The quantitative estimate of drug-likeness (QED) is 0.644. The minimum atomic E-state index is -3.24. The molecule has 0 saturated heterocycles. The van der Waals surface area contributed by atoms with Crippen LogP contribution in [0.15, 0.2) is 10.4 Å². The zero-order valence-corrected chi connectivity index (χ0v) is 10.1. The molecule has 1 heterocycles. The number of hydrogen-bond acceptors (Lipinski definition) is 6. The standard InChI is InChI=1S/C6H12N4O3S2/c1-9(2)6(11)8-10-7-4-5(14-10)15(3,12)13/h4,7H,1-3H3,(H,8,11). The highest BCUT2D eigenvalue weighted by molar-refractivity contribution is 8.17. The summed E-state index contributed by atoms with van der Waals surface area (Å²) in [5.41, 5.74) is 5.03. The third-order valence-electron chi connectivity index (χ3n) is 1.45. The minimum Gasteiger partial charge on any atom is -0.330 e. The van der Waals surface area contributed by atoms with Gasteiger partial charge in [-0.05, 0) is 0 Å². The van der Waals surface area contributed by atoms with Crippen LogP contribution >= 0.6 is 11.9 Å². The van der Waals surface area contributed by atoms with Crippen LogP contribution in [0.4, 0.5) is 4.79 Å². The van der Waals surface area contributed by atoms with Crippen molar-refractivity contribution in [3.8, 4) is 0 Å². The summed E-state index contributed by atoms with van der Waals surface area (Å²) in [6, 6.07) is -0.349. The van der Waals surface area contributed by atoms with Gasteiger partial charge in [0.05, 0.1) is 0 Å². The highest BCUT2D eigenvalue weighted by Gasteiger charge is 2.24. The Balaban J connectivity index is 2.52. The second-order valence-corrected chi connectivity index (χ2v) is 6.29. The third-order valence-corrected chi connectivity index (χ3v) is 4.11. The molecular weight excluding hydrogens is 240 g/mol. The number of hydrazine groups is 2. The van der Waals surface area contributed by atoms with Crippen LogP contribution < -0.4 is 10.9 Å². The van der Waals surface area contributed by atoms with Gasteiger partial charge >= 0.3 is 6.03 Å². The number of carbonyl (C=O) groups excluding carboxylic acids is 1. The number of carbonyl (C=O) groups is 1. The van der Waals surface area contributed by atoms with Crippen molar-refractivity contribution in [2.24, 2.45) is 0 Å². The van der Waals surface area contributed by atoms with Gasteiger partial charge in [0, 0.05) is 38.5 Å². The number of urea groups is 1. The first kappa shape index (κ1) is 12.1. The van der Waals surface area contributed by atoms with Crippen molar-refractivity contribution in [2.75, 3.05) is 20.4 Å². The van der Waals surface area contributed by atoms with Gasteiger partial charge in [-0.3, -0.25) is 5.43 Å². The average Bonchev–Trinajstić information content (AvgIpc) is 2.51. The maximum absolute atomic E-state index is 11.2. The molecule has 7 nitrogen and oxygen atoms in total. The number of nitrogens with one attached hydrogen (secondary N) is 2. The molecule has 0 atom stereocenters. The van der Waals surface area contributed by atoms with E-state index < -0.39 is 9.84 Å². The summed E-state index contributed by atoms with van der Waals surface area (Å²) < 4.78 is 23.6. The molecule has 15 heavy (non-hydrogen) atoms. The van der Waals surface area contributed by atoms with Gasteiger partial charge in [0.25, 0.3) is 0 Å². The normalized spacial score (nSPS) is 16.9. The summed E-state index contributed by atoms with van der Waals surface area (Å²) in [4.78, 5) is 12.5. The number of rotatable bonds is 2. The lowest BCUT2D eigenvalue weighted by atomic mass is 10.9. The van der Waals surface area contributed by atoms with Crippen molar-refractivity contribution in [1.29, 1.82) is 0 Å². The molecule has 2 amide bonds. The SMILES string of the molecule is CN(C)C(=O)NN1NC=C(S(C)(=O)=O)S1. The van der Waals surface area contributed by atoms with Crippen LogP contribution in [0.2, 0.25) is 0 Å². The molecular formula is C6H12N4O3S2. The summed E-state index contributed by atoms with van der Waals surface area (Å²) in [7, 11) is -0.0679. The molecule has 2 N–H and O–H groups in total. The van der Waals surface area contributed by atoms with E-state index in [1.165, 1.54) is 15.6 Å². The Morgan fingerprint density at radius 1 is 1.60 bits per heavy atom. The first-order valence-electron chi connectivity index (χ1n) is 3.93. The largest absolute Gasteiger partial charge is 0.333 e. The predicted octanol–water partition coefficient (Wildman–Crippen LogP) is -0.515. The van der Waals surface area contributed by atoms with E-state index >= 15 is 0 Å². The third kappa shape index (κ3) is 3.29. The maximum atomic E-state index is 11.2. The topological polar surface area (TPSA) is 81.8 Å². The van der Waals surface area contributed by atoms with E-state index in [9.17, 15) is 13.2 Å². The van der Waals surface area contributed by atoms with Crippen molar-refractivity contribution < 1.29 is 13.2 Å². The van der Waals surface area contributed by atoms with Gasteiger partial charge in [0.1, 0.15) is 4.24 Å². The van der Waals surface area contributed by atoms with Gasteiger partial charge < -0.3 is 4.90 Å². The maximum Gasteiger partial charge on any atom is 0.333 e. The molecule has 0 unspecified atom stereocenters. The molecule has 1 aliphatic heterocycles. The number of nitrogens with zero attached hydrogens (tertiary/aromatic N) is 2. The lowest BCUT2D eigenvalue weighted by molar-refractivity contribution is 0.193. The van der Waals surface area contributed by atoms with Gasteiger partial charge in [0.15, 0.2) is 9.84 Å². The van der Waals surface area contributed by atoms with E-state index in [0.29, 0.717) is 0 Å². The molecule has 0 aromatic heterocycles. The van der Waals surface area contributed by atoms with Gasteiger partial charge in [-0.25, -0.2) is 18.6 Å². The fraction of sp³-hybridized carbons (Fsp3) is 0.500. The molecule has 0 fully saturated rings. The molecule has 86 valence electrons. The molecule has 1 aliphatic rings. The monoisotopic (exact) mass is 252 g/mol. The average molecular weight is 252 g/mol. The second-order valence-electron chi connectivity index (χ2n) is 3.06. The molecule has 0 aromatic rings. The van der Waals surface area contributed by atoms with E-state index in [-0.39, 0.29) is 10.3 Å². The van der Waals surface area contributed by atoms with E-state index in [4.69, 9.17) is 0 Å². The van der Waals surface area contributed by atoms with Crippen LogP contribution in [-0.2, 0) is 9.84 Å². The van der Waals surface area contributed by atoms with Crippen molar-refractivity contribution in [2.45, 2.75) is 0 Å². The lowest BCUT2D eigenvalue weighted by Gasteiger charge is -2.18. The summed E-state index contributed by atoms with van der Waals surface area (Å²) >= 11 is 0.900. The molecule has 0 bridgehead atoms. The molecule has 0 radical (unpaired) electrons. The highest BCUT2D eigenvalue weighted by Crippen LogP contribution is 2.26. The molecule has 0 aromatic carbocycles. The Bertz CT molecular complexity index is 389. The van der Waals surface area contributed by atoms with E-state index in [1.807, 2.05) is 0 Å². The molecule has 0 spiro atoms. The zero-order valence-electron chi connectivity index (χ0n) is 8.51. The fourth-order valence-electron chi connectivity index (χ4n) is 0.671. The van der Waals surface area contributed by atoms with E-state index in [1.54, 1.807) is 14.1 Å². The number of sulfone groups is 1. The van der Waals surface area contributed by atoms with Gasteiger partial charge in [-0.15, -0.1) is 0 Å². The molecule has 0 saturated carbocycles. The molecule has 1 rings (SSSR count). The number of amides is 2. The van der Waals surface area contributed by atoms with Crippen molar-refractivity contribution in [1.82, 2.24) is 20.3 Å². The lowest BCUT2D eigenvalue weighted by Crippen LogP contribution is -2.46. The van der Waals surface area contributed by atoms with E-state index in [2.05, 4.69) is 10.9 Å².